The van der Waals surface area contributed by atoms with Crippen molar-refractivity contribution >= 4 is 11.0 Å². The lowest BCUT2D eigenvalue weighted by molar-refractivity contribution is -0.931. The van der Waals surface area contributed by atoms with Crippen molar-refractivity contribution in [1.82, 2.24) is 0 Å². The van der Waals surface area contributed by atoms with Gasteiger partial charge in [-0.1, -0.05) is 0 Å². The van der Waals surface area contributed by atoms with E-state index in [9.17, 15) is 9.90 Å². The summed E-state index contributed by atoms with van der Waals surface area (Å²) < 4.78 is 17.1. The quantitative estimate of drug-likeness (QED) is 0.652. The summed E-state index contributed by atoms with van der Waals surface area (Å²) in [6, 6.07) is 11.7. The van der Waals surface area contributed by atoms with E-state index in [0.29, 0.717) is 30.4 Å². The third kappa shape index (κ3) is 3.41. The van der Waals surface area contributed by atoms with Gasteiger partial charge < -0.3 is 23.9 Å². The molecule has 156 valence electrons. The van der Waals surface area contributed by atoms with Crippen LogP contribution in [-0.2, 0) is 6.54 Å². The van der Waals surface area contributed by atoms with E-state index < -0.39 is 0 Å². The Morgan fingerprint density at radius 3 is 2.77 bits per heavy atom. The fourth-order valence-electron chi connectivity index (χ4n) is 4.73. The molecule has 30 heavy (non-hydrogen) atoms. The van der Waals surface area contributed by atoms with Crippen molar-refractivity contribution in [2.75, 3.05) is 19.8 Å². The fourth-order valence-corrected chi connectivity index (χ4v) is 4.73. The van der Waals surface area contributed by atoms with E-state index in [-0.39, 0.29) is 11.4 Å². The zero-order valence-corrected chi connectivity index (χ0v) is 17.1. The number of aromatic hydroxyl groups is 1. The van der Waals surface area contributed by atoms with Crippen molar-refractivity contribution < 1.29 is 23.9 Å². The monoisotopic (exact) mass is 408 g/mol. The molecule has 0 bridgehead atoms. The van der Waals surface area contributed by atoms with Gasteiger partial charge in [-0.15, -0.1) is 0 Å². The van der Waals surface area contributed by atoms with E-state index in [4.69, 9.17) is 13.9 Å². The van der Waals surface area contributed by atoms with Crippen molar-refractivity contribution in [3.63, 3.8) is 0 Å². The SMILES string of the molecule is Cc1c(O)ccc2c(C[NH+]3CCC[C@@H]3c3ccc4c(c3)OCCCO4)cc(=O)oc12. The van der Waals surface area contributed by atoms with Crippen molar-refractivity contribution in [2.24, 2.45) is 0 Å². The van der Waals surface area contributed by atoms with Crippen LogP contribution in [0.25, 0.3) is 11.0 Å². The molecule has 0 saturated carbocycles. The molecule has 5 rings (SSSR count). The van der Waals surface area contributed by atoms with Crippen LogP contribution < -0.4 is 20.0 Å². The number of fused-ring (bicyclic) bond motifs is 2. The maximum absolute atomic E-state index is 12.2. The number of benzene rings is 2. The van der Waals surface area contributed by atoms with Crippen molar-refractivity contribution in [3.8, 4) is 17.2 Å². The Hall–Kier alpha value is -2.99. The topological polar surface area (TPSA) is 73.3 Å². The summed E-state index contributed by atoms with van der Waals surface area (Å²) in [4.78, 5) is 13.6. The first-order chi connectivity index (χ1) is 14.6. The molecule has 2 aliphatic heterocycles. The van der Waals surface area contributed by atoms with Crippen LogP contribution in [0, 0.1) is 6.92 Å². The number of aryl methyl sites for hydroxylation is 1. The minimum Gasteiger partial charge on any atom is -0.508 e. The van der Waals surface area contributed by atoms with Crippen LogP contribution in [0.5, 0.6) is 17.2 Å². The van der Waals surface area contributed by atoms with Gasteiger partial charge in [-0.05, 0) is 37.3 Å². The van der Waals surface area contributed by atoms with Gasteiger partial charge in [-0.2, -0.15) is 0 Å². The number of likely N-dealkylation sites (tertiary alicyclic amines) is 1. The first-order valence-electron chi connectivity index (χ1n) is 10.6. The zero-order chi connectivity index (χ0) is 20.7. The number of phenolic OH excluding ortho intramolecular Hbond substituents is 1. The molecule has 0 spiro atoms. The van der Waals surface area contributed by atoms with Gasteiger partial charge in [0, 0.05) is 47.4 Å². The second-order valence-corrected chi connectivity index (χ2v) is 8.21. The number of ether oxygens (including phenoxy) is 2. The minimum atomic E-state index is -0.378. The molecular formula is C24H26NO5+. The van der Waals surface area contributed by atoms with Crippen LogP contribution in [0.4, 0.5) is 0 Å². The van der Waals surface area contributed by atoms with E-state index in [1.165, 1.54) is 10.5 Å². The lowest BCUT2D eigenvalue weighted by Crippen LogP contribution is -3.08. The van der Waals surface area contributed by atoms with Gasteiger partial charge in [0.15, 0.2) is 11.5 Å². The smallest absolute Gasteiger partial charge is 0.336 e. The fraction of sp³-hybridized carbons (Fsp3) is 0.375. The molecule has 6 nitrogen and oxygen atoms in total. The molecular weight excluding hydrogens is 382 g/mol. The van der Waals surface area contributed by atoms with E-state index in [2.05, 4.69) is 12.1 Å². The van der Waals surface area contributed by atoms with Gasteiger partial charge >= 0.3 is 5.63 Å². The second kappa shape index (κ2) is 7.69. The Kier molecular flexibility index (Phi) is 4.87. The highest BCUT2D eigenvalue weighted by Gasteiger charge is 2.31. The van der Waals surface area contributed by atoms with Gasteiger partial charge in [-0.3, -0.25) is 0 Å². The van der Waals surface area contributed by atoms with Crippen molar-refractivity contribution in [2.45, 2.75) is 38.8 Å². The average Bonchev–Trinajstić information content (AvgIpc) is 3.06. The molecule has 1 aromatic heterocycles. The summed E-state index contributed by atoms with van der Waals surface area (Å²) in [5.74, 6) is 1.78. The number of quaternary nitrogens is 1. The number of rotatable bonds is 3. The van der Waals surface area contributed by atoms with E-state index in [1.807, 2.05) is 12.1 Å². The summed E-state index contributed by atoms with van der Waals surface area (Å²) in [6.07, 6.45) is 3.12. The van der Waals surface area contributed by atoms with Gasteiger partial charge in [0.25, 0.3) is 0 Å². The van der Waals surface area contributed by atoms with E-state index in [1.54, 1.807) is 19.1 Å². The summed E-state index contributed by atoms with van der Waals surface area (Å²) in [5, 5.41) is 10.9. The first-order valence-corrected chi connectivity index (χ1v) is 10.6. The number of hydrogen-bond donors (Lipinski definition) is 2. The van der Waals surface area contributed by atoms with Crippen molar-refractivity contribution in [1.29, 1.82) is 0 Å². The summed E-state index contributed by atoms with van der Waals surface area (Å²) in [5.41, 5.74) is 2.90. The highest BCUT2D eigenvalue weighted by Crippen LogP contribution is 2.34. The van der Waals surface area contributed by atoms with Gasteiger partial charge in [0.2, 0.25) is 0 Å². The Bertz CT molecular complexity index is 1150. The molecule has 1 saturated heterocycles. The maximum Gasteiger partial charge on any atom is 0.336 e. The highest BCUT2D eigenvalue weighted by molar-refractivity contribution is 5.84. The van der Waals surface area contributed by atoms with Gasteiger partial charge in [0.05, 0.1) is 19.8 Å². The number of phenols is 1. The lowest BCUT2D eigenvalue weighted by Gasteiger charge is -2.23. The van der Waals surface area contributed by atoms with Gasteiger partial charge in [-0.25, -0.2) is 4.79 Å². The van der Waals surface area contributed by atoms with Crippen LogP contribution in [0.3, 0.4) is 0 Å². The Balaban J connectivity index is 1.48. The average molecular weight is 408 g/mol. The van der Waals surface area contributed by atoms with Crippen LogP contribution in [0.1, 0.15) is 42.0 Å². The molecule has 3 heterocycles. The molecule has 1 fully saturated rings. The second-order valence-electron chi connectivity index (χ2n) is 8.21. The van der Waals surface area contributed by atoms with Crippen LogP contribution >= 0.6 is 0 Å². The molecule has 0 amide bonds. The molecule has 1 unspecified atom stereocenters. The molecule has 0 radical (unpaired) electrons. The van der Waals surface area contributed by atoms with E-state index >= 15 is 0 Å². The molecule has 2 aromatic carbocycles. The Morgan fingerprint density at radius 1 is 1.07 bits per heavy atom. The first kappa shape index (κ1) is 19.0. The molecule has 2 N–H and O–H groups in total. The third-order valence-corrected chi connectivity index (χ3v) is 6.29. The predicted octanol–water partition coefficient (Wildman–Crippen LogP) is 2.89. The van der Waals surface area contributed by atoms with Crippen LogP contribution in [-0.4, -0.2) is 24.9 Å². The third-order valence-electron chi connectivity index (χ3n) is 6.29. The Labute approximate surface area is 174 Å². The van der Waals surface area contributed by atoms with Crippen LogP contribution in [0.2, 0.25) is 0 Å². The Morgan fingerprint density at radius 2 is 1.90 bits per heavy atom. The molecule has 3 aromatic rings. The molecule has 6 heteroatoms. The largest absolute Gasteiger partial charge is 0.508 e. The minimum absolute atomic E-state index is 0.140. The standard InChI is InChI=1S/C24H25NO5/c1-15-20(26)7-6-18-17(13-23(27)30-24(15)18)14-25-9-2-4-19(25)16-5-8-21-22(12-16)29-11-3-10-28-21/h5-8,12-13,19,26H,2-4,9-11,14H2,1H3/p+1/t19-/m1/s1. The predicted molar refractivity (Wildman–Crippen MR) is 112 cm³/mol. The summed E-state index contributed by atoms with van der Waals surface area (Å²) in [6.45, 7) is 4.90. The maximum atomic E-state index is 12.2. The highest BCUT2D eigenvalue weighted by atomic mass is 16.5. The van der Waals surface area contributed by atoms with Crippen LogP contribution in [0.15, 0.2) is 45.6 Å². The lowest BCUT2D eigenvalue weighted by atomic mass is 10.0. The normalized spacial score (nSPS) is 21.0. The van der Waals surface area contributed by atoms with E-state index in [0.717, 1.165) is 54.8 Å². The van der Waals surface area contributed by atoms with Crippen molar-refractivity contribution in [3.05, 3.63) is 63.5 Å². The van der Waals surface area contributed by atoms with Gasteiger partial charge in [0.1, 0.15) is 23.9 Å². The zero-order valence-electron chi connectivity index (χ0n) is 17.1. The molecule has 2 atom stereocenters. The molecule has 2 aliphatic rings. The summed E-state index contributed by atoms with van der Waals surface area (Å²) in [7, 11) is 0. The number of nitrogens with one attached hydrogen (secondary N) is 1. The number of hydrogen-bond acceptors (Lipinski definition) is 5. The molecule has 0 aliphatic carbocycles. The summed E-state index contributed by atoms with van der Waals surface area (Å²) >= 11 is 0.